The zero-order valence-electron chi connectivity index (χ0n) is 11.0. The molecule has 0 aliphatic heterocycles. The van der Waals surface area contributed by atoms with E-state index in [1.165, 1.54) is 20.3 Å². The number of carbonyl (C=O) groups excluding carboxylic acids is 1. The van der Waals surface area contributed by atoms with E-state index in [9.17, 15) is 4.79 Å². The third-order valence-electron chi connectivity index (χ3n) is 2.31. The van der Waals surface area contributed by atoms with Gasteiger partial charge in [-0.1, -0.05) is 23.2 Å². The second kappa shape index (κ2) is 6.88. The highest BCUT2D eigenvalue weighted by molar-refractivity contribution is 7.20. The molecule has 0 saturated heterocycles. The van der Waals surface area contributed by atoms with Gasteiger partial charge >= 0.3 is 12.0 Å². The Morgan fingerprint density at radius 3 is 2.33 bits per heavy atom. The van der Waals surface area contributed by atoms with Crippen LogP contribution in [0, 0.1) is 0 Å². The average Bonchev–Trinajstić information content (AvgIpc) is 2.83. The fraction of sp³-hybridized carbons (Fsp3) is 0.273. The van der Waals surface area contributed by atoms with Crippen LogP contribution in [0.3, 0.4) is 0 Å². The summed E-state index contributed by atoms with van der Waals surface area (Å²) < 4.78 is 10.6. The Balaban J connectivity index is 2.09. The zero-order valence-corrected chi connectivity index (χ0v) is 13.3. The van der Waals surface area contributed by atoms with Crippen molar-refractivity contribution in [2.75, 3.05) is 14.2 Å². The summed E-state index contributed by atoms with van der Waals surface area (Å²) in [6, 6.07) is 1.70. The van der Waals surface area contributed by atoms with Gasteiger partial charge in [0.15, 0.2) is 5.82 Å². The molecule has 2 aromatic rings. The lowest BCUT2D eigenvalue weighted by atomic mass is 10.3. The summed E-state index contributed by atoms with van der Waals surface area (Å²) in [4.78, 5) is 23.8. The highest BCUT2D eigenvalue weighted by Crippen LogP contribution is 2.30. The number of aromatic nitrogens is 3. The van der Waals surface area contributed by atoms with Gasteiger partial charge < -0.3 is 14.8 Å². The van der Waals surface area contributed by atoms with Crippen molar-refractivity contribution in [1.29, 1.82) is 0 Å². The van der Waals surface area contributed by atoms with E-state index in [2.05, 4.69) is 20.3 Å². The SMILES string of the molecule is COc1nc(CNC(=O)c2cc(Cl)sc2Cl)nc(OC)n1. The molecule has 0 fully saturated rings. The summed E-state index contributed by atoms with van der Waals surface area (Å²) in [5, 5.41) is 2.63. The molecule has 2 rings (SSSR count). The van der Waals surface area contributed by atoms with Gasteiger partial charge in [-0.25, -0.2) is 0 Å². The minimum atomic E-state index is -0.374. The molecule has 0 aliphatic rings. The van der Waals surface area contributed by atoms with E-state index < -0.39 is 0 Å². The van der Waals surface area contributed by atoms with Crippen LogP contribution in [-0.4, -0.2) is 35.1 Å². The Kier molecular flexibility index (Phi) is 5.16. The van der Waals surface area contributed by atoms with Gasteiger partial charge in [-0.3, -0.25) is 4.79 Å². The van der Waals surface area contributed by atoms with Gasteiger partial charge in [-0.2, -0.15) is 9.97 Å². The number of thiophene rings is 1. The van der Waals surface area contributed by atoms with Gasteiger partial charge in [-0.15, -0.1) is 16.3 Å². The molecule has 0 aromatic carbocycles. The molecule has 10 heteroatoms. The summed E-state index contributed by atoms with van der Waals surface area (Å²) in [5.41, 5.74) is 0.305. The highest BCUT2D eigenvalue weighted by Gasteiger charge is 2.15. The lowest BCUT2D eigenvalue weighted by Gasteiger charge is -2.06. The Morgan fingerprint density at radius 2 is 1.86 bits per heavy atom. The number of methoxy groups -OCH3 is 2. The average molecular weight is 349 g/mol. The standard InChI is InChI=1S/C11H10Cl2N4O3S/c1-19-10-15-7(16-11(17-10)20-2)4-14-9(18)5-3-6(12)21-8(5)13/h3H,4H2,1-2H3,(H,14,18). The number of nitrogens with zero attached hydrogens (tertiary/aromatic N) is 3. The first-order valence-corrected chi connectivity index (χ1v) is 7.16. The van der Waals surface area contributed by atoms with Crippen molar-refractivity contribution in [1.82, 2.24) is 20.3 Å². The number of rotatable bonds is 5. The van der Waals surface area contributed by atoms with Gasteiger partial charge in [0.2, 0.25) is 0 Å². The molecular formula is C11H10Cl2N4O3S. The molecule has 0 bridgehead atoms. The largest absolute Gasteiger partial charge is 0.467 e. The molecule has 0 atom stereocenters. The molecule has 21 heavy (non-hydrogen) atoms. The second-order valence-corrected chi connectivity index (χ2v) is 5.93. The Labute approximate surface area is 134 Å². The van der Waals surface area contributed by atoms with Crippen molar-refractivity contribution in [3.8, 4) is 12.0 Å². The topological polar surface area (TPSA) is 86.2 Å². The fourth-order valence-electron chi connectivity index (χ4n) is 1.39. The molecule has 0 spiro atoms. The van der Waals surface area contributed by atoms with E-state index in [1.54, 1.807) is 0 Å². The van der Waals surface area contributed by atoms with Crippen molar-refractivity contribution < 1.29 is 14.3 Å². The van der Waals surface area contributed by atoms with Crippen LogP contribution < -0.4 is 14.8 Å². The summed E-state index contributed by atoms with van der Waals surface area (Å²) in [6.45, 7) is 0.0673. The number of nitrogens with one attached hydrogen (secondary N) is 1. The number of hydrogen-bond donors (Lipinski definition) is 1. The Bertz CT molecular complexity index is 643. The van der Waals surface area contributed by atoms with E-state index in [-0.39, 0.29) is 24.5 Å². The normalized spacial score (nSPS) is 10.3. The van der Waals surface area contributed by atoms with Crippen LogP contribution in [0.1, 0.15) is 16.2 Å². The second-order valence-electron chi connectivity index (χ2n) is 3.65. The van der Waals surface area contributed by atoms with Crippen LogP contribution in [0.2, 0.25) is 8.67 Å². The Morgan fingerprint density at radius 1 is 1.24 bits per heavy atom. The van der Waals surface area contributed by atoms with Crippen LogP contribution in [0.4, 0.5) is 0 Å². The number of ether oxygens (including phenoxy) is 2. The number of halogens is 2. The summed E-state index contributed by atoms with van der Waals surface area (Å²) in [5.74, 6) is -0.0778. The van der Waals surface area contributed by atoms with Crippen LogP contribution >= 0.6 is 34.5 Å². The van der Waals surface area contributed by atoms with Crippen LogP contribution in [0.15, 0.2) is 6.07 Å². The molecule has 1 N–H and O–H groups in total. The predicted molar refractivity (Wildman–Crippen MR) is 78.4 cm³/mol. The quantitative estimate of drug-likeness (QED) is 0.891. The summed E-state index contributed by atoms with van der Waals surface area (Å²) in [7, 11) is 2.84. The third kappa shape index (κ3) is 3.93. The van der Waals surface area contributed by atoms with E-state index in [4.69, 9.17) is 32.7 Å². The first-order valence-electron chi connectivity index (χ1n) is 5.59. The maximum atomic E-state index is 12.0. The number of carbonyl (C=O) groups is 1. The van der Waals surface area contributed by atoms with Crippen LogP contribution in [0.25, 0.3) is 0 Å². The monoisotopic (exact) mass is 348 g/mol. The Hall–Kier alpha value is -1.64. The predicted octanol–water partition coefficient (Wildman–Crippen LogP) is 2.19. The summed E-state index contributed by atoms with van der Waals surface area (Å²) in [6.07, 6.45) is 0. The van der Waals surface area contributed by atoms with Gasteiger partial charge in [0.05, 0.1) is 30.7 Å². The molecule has 2 aromatic heterocycles. The number of hydrogen-bond acceptors (Lipinski definition) is 7. The van der Waals surface area contributed by atoms with Gasteiger partial charge in [-0.05, 0) is 6.07 Å². The minimum Gasteiger partial charge on any atom is -0.467 e. The molecule has 0 saturated carbocycles. The van der Waals surface area contributed by atoms with Crippen molar-refractivity contribution in [2.45, 2.75) is 6.54 Å². The van der Waals surface area contributed by atoms with Crippen molar-refractivity contribution in [3.05, 3.63) is 26.1 Å². The molecule has 0 aliphatic carbocycles. The molecule has 7 nitrogen and oxygen atoms in total. The molecule has 1 amide bonds. The smallest absolute Gasteiger partial charge is 0.322 e. The fourth-order valence-corrected chi connectivity index (χ4v) is 2.85. The molecule has 2 heterocycles. The highest BCUT2D eigenvalue weighted by atomic mass is 35.5. The van der Waals surface area contributed by atoms with Gasteiger partial charge in [0.25, 0.3) is 5.91 Å². The van der Waals surface area contributed by atoms with Crippen molar-refractivity contribution in [2.24, 2.45) is 0 Å². The zero-order chi connectivity index (χ0) is 15.4. The third-order valence-corrected chi connectivity index (χ3v) is 3.80. The van der Waals surface area contributed by atoms with Crippen LogP contribution in [-0.2, 0) is 6.54 Å². The summed E-state index contributed by atoms with van der Waals surface area (Å²) >= 11 is 12.8. The first-order chi connectivity index (χ1) is 10.0. The number of amides is 1. The van der Waals surface area contributed by atoms with Crippen LogP contribution in [0.5, 0.6) is 12.0 Å². The van der Waals surface area contributed by atoms with E-state index in [1.807, 2.05) is 0 Å². The molecule has 0 unspecified atom stereocenters. The maximum absolute atomic E-state index is 12.0. The van der Waals surface area contributed by atoms with Crippen molar-refractivity contribution >= 4 is 40.4 Å². The van der Waals surface area contributed by atoms with Gasteiger partial charge in [0.1, 0.15) is 4.34 Å². The first kappa shape index (κ1) is 15.7. The lowest BCUT2D eigenvalue weighted by Crippen LogP contribution is -2.24. The molecule has 0 radical (unpaired) electrons. The molecular weight excluding hydrogens is 339 g/mol. The maximum Gasteiger partial charge on any atom is 0.322 e. The van der Waals surface area contributed by atoms with E-state index in [0.29, 0.717) is 20.1 Å². The molecule has 112 valence electrons. The van der Waals surface area contributed by atoms with Crippen molar-refractivity contribution in [3.63, 3.8) is 0 Å². The van der Waals surface area contributed by atoms with E-state index in [0.717, 1.165) is 11.3 Å². The van der Waals surface area contributed by atoms with Gasteiger partial charge in [0, 0.05) is 0 Å². The minimum absolute atomic E-state index is 0.0673. The lowest BCUT2D eigenvalue weighted by molar-refractivity contribution is 0.0950. The van der Waals surface area contributed by atoms with E-state index >= 15 is 0 Å².